The lowest BCUT2D eigenvalue weighted by Crippen LogP contribution is -1.90. The quantitative estimate of drug-likeness (QED) is 0.715. The molecule has 0 saturated heterocycles. The maximum absolute atomic E-state index is 6.42. The lowest BCUT2D eigenvalue weighted by molar-refractivity contribution is 0.413. The van der Waals surface area contributed by atoms with E-state index < -0.39 is 0 Å². The van der Waals surface area contributed by atoms with Gasteiger partial charge in [0.2, 0.25) is 0 Å². The van der Waals surface area contributed by atoms with E-state index in [4.69, 9.17) is 27.9 Å². The van der Waals surface area contributed by atoms with Gasteiger partial charge in [-0.2, -0.15) is 0 Å². The summed E-state index contributed by atoms with van der Waals surface area (Å²) in [4.78, 5) is 2.09. The highest BCUT2D eigenvalue weighted by Gasteiger charge is 2.19. The van der Waals surface area contributed by atoms with Crippen molar-refractivity contribution in [1.29, 1.82) is 0 Å². The molecule has 2 aromatic rings. The van der Waals surface area contributed by atoms with Gasteiger partial charge < -0.3 is 4.74 Å². The van der Waals surface area contributed by atoms with Gasteiger partial charge in [0.1, 0.15) is 11.1 Å². The molecule has 0 aliphatic carbocycles. The first-order valence-electron chi connectivity index (χ1n) is 4.64. The zero-order valence-corrected chi connectivity index (χ0v) is 11.9. The number of ether oxygens (including phenoxy) is 1. The predicted molar refractivity (Wildman–Crippen MR) is 72.6 cm³/mol. The Labute approximate surface area is 113 Å². The lowest BCUT2D eigenvalue weighted by atomic mass is 10.2. The summed E-state index contributed by atoms with van der Waals surface area (Å²) in [5, 5.41) is 1.80. The molecule has 2 aromatic heterocycles. The molecule has 0 saturated carbocycles. The number of methoxy groups -OCH3 is 1. The zero-order chi connectivity index (χ0) is 11.7. The summed E-state index contributed by atoms with van der Waals surface area (Å²) in [6.45, 7) is 1.98. The van der Waals surface area contributed by atoms with Crippen molar-refractivity contribution in [2.24, 2.45) is 0 Å². The van der Waals surface area contributed by atoms with Crippen molar-refractivity contribution in [3.05, 3.63) is 37.2 Å². The number of hydrogen-bond acceptors (Lipinski definition) is 3. The van der Waals surface area contributed by atoms with Crippen LogP contribution in [-0.4, -0.2) is 7.11 Å². The summed E-state index contributed by atoms with van der Waals surface area (Å²) >= 11 is 15.6. The van der Waals surface area contributed by atoms with E-state index in [0.29, 0.717) is 0 Å². The highest BCUT2D eigenvalue weighted by molar-refractivity contribution is 7.17. The van der Waals surface area contributed by atoms with Crippen molar-refractivity contribution in [2.45, 2.75) is 12.3 Å². The van der Waals surface area contributed by atoms with Gasteiger partial charge in [-0.3, -0.25) is 0 Å². The molecule has 1 atom stereocenters. The van der Waals surface area contributed by atoms with E-state index in [1.165, 1.54) is 11.3 Å². The molecule has 0 aromatic carbocycles. The Kier molecular flexibility index (Phi) is 3.80. The van der Waals surface area contributed by atoms with E-state index in [2.05, 4.69) is 0 Å². The van der Waals surface area contributed by atoms with Crippen molar-refractivity contribution in [3.8, 4) is 5.75 Å². The summed E-state index contributed by atoms with van der Waals surface area (Å²) in [7, 11) is 1.65. The van der Waals surface area contributed by atoms with Crippen molar-refractivity contribution in [2.75, 3.05) is 7.11 Å². The topological polar surface area (TPSA) is 9.23 Å². The molecule has 16 heavy (non-hydrogen) atoms. The second-order valence-corrected chi connectivity index (χ2v) is 6.39. The third kappa shape index (κ3) is 2.23. The van der Waals surface area contributed by atoms with Crippen molar-refractivity contribution < 1.29 is 4.74 Å². The van der Waals surface area contributed by atoms with Gasteiger partial charge in [-0.05, 0) is 30.0 Å². The van der Waals surface area contributed by atoms with Crippen LogP contribution in [0.1, 0.15) is 20.7 Å². The van der Waals surface area contributed by atoms with Gasteiger partial charge >= 0.3 is 0 Å². The van der Waals surface area contributed by atoms with E-state index in [1.54, 1.807) is 18.4 Å². The van der Waals surface area contributed by atoms with Crippen LogP contribution >= 0.6 is 45.9 Å². The Morgan fingerprint density at radius 3 is 2.75 bits per heavy atom. The second-order valence-electron chi connectivity index (χ2n) is 3.32. The smallest absolute Gasteiger partial charge is 0.134 e. The maximum atomic E-state index is 6.42. The van der Waals surface area contributed by atoms with Crippen LogP contribution in [-0.2, 0) is 0 Å². The van der Waals surface area contributed by atoms with Crippen LogP contribution in [0.2, 0.25) is 4.34 Å². The molecule has 0 amide bonds. The van der Waals surface area contributed by atoms with Crippen molar-refractivity contribution >= 4 is 45.9 Å². The first-order valence-corrected chi connectivity index (χ1v) is 7.15. The number of hydrogen-bond donors (Lipinski definition) is 0. The van der Waals surface area contributed by atoms with Gasteiger partial charge in [0, 0.05) is 4.88 Å². The van der Waals surface area contributed by atoms with Crippen molar-refractivity contribution in [1.82, 2.24) is 0 Å². The second kappa shape index (κ2) is 4.96. The minimum atomic E-state index is -0.175. The molecular weight excluding hydrogens is 283 g/mol. The molecule has 0 spiro atoms. The fraction of sp³-hybridized carbons (Fsp3) is 0.273. The molecule has 86 valence electrons. The fourth-order valence-electron chi connectivity index (χ4n) is 1.40. The van der Waals surface area contributed by atoms with Crippen LogP contribution in [0.5, 0.6) is 5.75 Å². The first kappa shape index (κ1) is 12.2. The Morgan fingerprint density at radius 1 is 1.44 bits per heavy atom. The average molecular weight is 293 g/mol. The minimum absolute atomic E-state index is 0.175. The van der Waals surface area contributed by atoms with Crippen LogP contribution in [0.3, 0.4) is 0 Å². The molecule has 0 aliphatic rings. The summed E-state index contributed by atoms with van der Waals surface area (Å²) in [5.41, 5.74) is 1.07. The molecule has 0 N–H and O–H groups in total. The molecule has 5 heteroatoms. The SMILES string of the molecule is COc1ccsc1C(Cl)c1cc(C)c(Cl)s1. The number of rotatable bonds is 3. The lowest BCUT2D eigenvalue weighted by Gasteiger charge is -2.07. The molecule has 1 nitrogen and oxygen atoms in total. The molecule has 0 bridgehead atoms. The highest BCUT2D eigenvalue weighted by Crippen LogP contribution is 2.43. The molecule has 0 aliphatic heterocycles. The molecule has 0 radical (unpaired) electrons. The van der Waals surface area contributed by atoms with Crippen molar-refractivity contribution in [3.63, 3.8) is 0 Å². The van der Waals surface area contributed by atoms with Gasteiger partial charge in [-0.15, -0.1) is 34.3 Å². The standard InChI is InChI=1S/C11H10Cl2OS2/c1-6-5-8(16-11(6)13)9(12)10-7(14-2)3-4-15-10/h3-5,9H,1-2H3. The number of thiophene rings is 2. The monoisotopic (exact) mass is 292 g/mol. The maximum Gasteiger partial charge on any atom is 0.134 e. The van der Waals surface area contributed by atoms with Gasteiger partial charge in [0.05, 0.1) is 16.3 Å². The van der Waals surface area contributed by atoms with Crippen LogP contribution in [0, 0.1) is 6.92 Å². The summed E-state index contributed by atoms with van der Waals surface area (Å²) in [6.07, 6.45) is 0. The molecule has 2 rings (SSSR count). The van der Waals surface area contributed by atoms with Gasteiger partial charge in [-0.1, -0.05) is 11.6 Å². The molecule has 0 fully saturated rings. The van der Waals surface area contributed by atoms with Gasteiger partial charge in [0.15, 0.2) is 0 Å². The highest BCUT2D eigenvalue weighted by atomic mass is 35.5. The van der Waals surface area contributed by atoms with E-state index >= 15 is 0 Å². The normalized spacial score (nSPS) is 12.8. The Hall–Kier alpha value is -0.220. The Morgan fingerprint density at radius 2 is 2.19 bits per heavy atom. The molecule has 2 heterocycles. The fourth-order valence-corrected chi connectivity index (χ4v) is 3.99. The third-order valence-electron chi connectivity index (χ3n) is 2.23. The van der Waals surface area contributed by atoms with E-state index in [-0.39, 0.29) is 5.38 Å². The number of alkyl halides is 1. The Bertz CT molecular complexity index is 470. The number of halogens is 2. The predicted octanol–water partition coefficient (Wildman–Crippen LogP) is 5.11. The van der Waals surface area contributed by atoms with E-state index in [9.17, 15) is 0 Å². The zero-order valence-electron chi connectivity index (χ0n) is 8.79. The van der Waals surface area contributed by atoms with E-state index in [0.717, 1.165) is 25.4 Å². The minimum Gasteiger partial charge on any atom is -0.496 e. The van der Waals surface area contributed by atoms with Crippen LogP contribution in [0.4, 0.5) is 0 Å². The summed E-state index contributed by atoms with van der Waals surface area (Å²) in [5.74, 6) is 0.840. The van der Waals surface area contributed by atoms with Gasteiger partial charge in [-0.25, -0.2) is 0 Å². The first-order chi connectivity index (χ1) is 7.63. The average Bonchev–Trinajstić information content (AvgIpc) is 2.85. The van der Waals surface area contributed by atoms with Crippen LogP contribution < -0.4 is 4.74 Å². The third-order valence-corrected chi connectivity index (χ3v) is 5.53. The number of aryl methyl sites for hydroxylation is 1. The Balaban J connectivity index is 2.35. The van der Waals surface area contributed by atoms with Crippen LogP contribution in [0.15, 0.2) is 17.5 Å². The molecular formula is C11H10Cl2OS2. The van der Waals surface area contributed by atoms with Gasteiger partial charge in [0.25, 0.3) is 0 Å². The van der Waals surface area contributed by atoms with E-state index in [1.807, 2.05) is 24.4 Å². The largest absolute Gasteiger partial charge is 0.496 e. The van der Waals surface area contributed by atoms with Crippen LogP contribution in [0.25, 0.3) is 0 Å². The summed E-state index contributed by atoms with van der Waals surface area (Å²) in [6, 6.07) is 3.96. The molecule has 1 unspecified atom stereocenters. The summed E-state index contributed by atoms with van der Waals surface area (Å²) < 4.78 is 6.06.